The van der Waals surface area contributed by atoms with E-state index in [1.165, 1.54) is 7.11 Å². The molecule has 16 heavy (non-hydrogen) atoms. The Labute approximate surface area is 105 Å². The van der Waals surface area contributed by atoms with Crippen molar-refractivity contribution < 1.29 is 4.74 Å². The number of nitrogens with zero attached hydrogens (tertiary/aromatic N) is 3. The minimum absolute atomic E-state index is 0.458. The van der Waals surface area contributed by atoms with Gasteiger partial charge >= 0.3 is 0 Å². The third kappa shape index (κ3) is 2.25. The van der Waals surface area contributed by atoms with E-state index in [2.05, 4.69) is 36.1 Å². The Morgan fingerprint density at radius 3 is 2.75 bits per heavy atom. The van der Waals surface area contributed by atoms with E-state index in [0.29, 0.717) is 22.0 Å². The summed E-state index contributed by atoms with van der Waals surface area (Å²) in [5, 5.41) is 7.81. The highest BCUT2D eigenvalue weighted by Crippen LogP contribution is 2.15. The maximum atomic E-state index is 5.07. The summed E-state index contributed by atoms with van der Waals surface area (Å²) < 4.78 is 6.23. The molecular formula is C9H7BrN4OS. The maximum Gasteiger partial charge on any atom is 0.233 e. The van der Waals surface area contributed by atoms with Crippen molar-refractivity contribution in [1.29, 1.82) is 0 Å². The van der Waals surface area contributed by atoms with Crippen LogP contribution in [0.15, 0.2) is 22.8 Å². The number of aromatic nitrogens is 4. The van der Waals surface area contributed by atoms with E-state index in [0.717, 1.165) is 4.47 Å². The Kier molecular flexibility index (Phi) is 3.25. The molecular weight excluding hydrogens is 292 g/mol. The standard InChI is InChI=1S/C9H7BrN4OS/c1-15-7-3-2-6(13-14-7)8-11-4-5(10)9(16)12-8/h2-4H,1H3,(H,11,12,16). The van der Waals surface area contributed by atoms with E-state index in [1.54, 1.807) is 18.3 Å². The van der Waals surface area contributed by atoms with Crippen molar-refractivity contribution in [3.8, 4) is 17.4 Å². The van der Waals surface area contributed by atoms with E-state index in [4.69, 9.17) is 17.0 Å². The van der Waals surface area contributed by atoms with Crippen LogP contribution in [0, 0.1) is 4.64 Å². The SMILES string of the molecule is COc1ccc(-c2ncc(Br)c(=S)[nH]2)nn1. The lowest BCUT2D eigenvalue weighted by atomic mass is 10.3. The number of aromatic amines is 1. The van der Waals surface area contributed by atoms with Crippen molar-refractivity contribution in [2.45, 2.75) is 0 Å². The molecule has 0 radical (unpaired) electrons. The fourth-order valence-corrected chi connectivity index (χ4v) is 1.42. The molecule has 0 saturated carbocycles. The number of rotatable bonds is 2. The molecule has 0 fully saturated rings. The number of H-pyrrole nitrogens is 1. The first-order chi connectivity index (χ1) is 7.70. The second-order valence-electron chi connectivity index (χ2n) is 2.87. The first-order valence-corrected chi connectivity index (χ1v) is 5.54. The largest absolute Gasteiger partial charge is 0.480 e. The molecule has 0 aliphatic carbocycles. The average Bonchev–Trinajstić information content (AvgIpc) is 2.33. The average molecular weight is 299 g/mol. The second kappa shape index (κ2) is 4.67. The van der Waals surface area contributed by atoms with Crippen LogP contribution in [0.5, 0.6) is 5.88 Å². The molecule has 2 aromatic rings. The quantitative estimate of drug-likeness (QED) is 0.863. The van der Waals surface area contributed by atoms with Gasteiger partial charge in [0.05, 0.1) is 11.6 Å². The molecule has 0 atom stereocenters. The predicted octanol–water partition coefficient (Wildman–Crippen LogP) is 2.37. The van der Waals surface area contributed by atoms with Crippen molar-refractivity contribution in [2.75, 3.05) is 7.11 Å². The lowest BCUT2D eigenvalue weighted by Crippen LogP contribution is -1.95. The molecule has 0 saturated heterocycles. The van der Waals surface area contributed by atoms with Crippen molar-refractivity contribution >= 4 is 28.1 Å². The molecule has 1 N–H and O–H groups in total. The fourth-order valence-electron chi connectivity index (χ4n) is 1.06. The molecule has 0 bridgehead atoms. The number of ether oxygens (including phenoxy) is 1. The lowest BCUT2D eigenvalue weighted by molar-refractivity contribution is 0.392. The van der Waals surface area contributed by atoms with E-state index >= 15 is 0 Å². The number of methoxy groups -OCH3 is 1. The van der Waals surface area contributed by atoms with Gasteiger partial charge in [0, 0.05) is 12.3 Å². The predicted molar refractivity (Wildman–Crippen MR) is 64.7 cm³/mol. The maximum absolute atomic E-state index is 5.07. The molecule has 2 heterocycles. The van der Waals surface area contributed by atoms with Gasteiger partial charge in [-0.3, -0.25) is 0 Å². The van der Waals surface area contributed by atoms with Gasteiger partial charge in [-0.25, -0.2) is 4.98 Å². The molecule has 0 spiro atoms. The van der Waals surface area contributed by atoms with E-state index < -0.39 is 0 Å². The van der Waals surface area contributed by atoms with E-state index in [1.807, 2.05) is 0 Å². The molecule has 5 nitrogen and oxygen atoms in total. The van der Waals surface area contributed by atoms with E-state index in [-0.39, 0.29) is 0 Å². The topological polar surface area (TPSA) is 63.7 Å². The van der Waals surface area contributed by atoms with Crippen LogP contribution < -0.4 is 4.74 Å². The van der Waals surface area contributed by atoms with Crippen LogP contribution in [0.25, 0.3) is 11.5 Å². The highest BCUT2D eigenvalue weighted by molar-refractivity contribution is 9.10. The Hall–Kier alpha value is -1.34. The zero-order valence-corrected chi connectivity index (χ0v) is 10.7. The summed E-state index contributed by atoms with van der Waals surface area (Å²) in [5.41, 5.74) is 0.611. The summed E-state index contributed by atoms with van der Waals surface area (Å²) in [6.45, 7) is 0. The van der Waals surface area contributed by atoms with Gasteiger partial charge < -0.3 is 9.72 Å². The third-order valence-electron chi connectivity index (χ3n) is 1.85. The molecule has 0 aliphatic heterocycles. The number of halogens is 1. The number of hydrogen-bond acceptors (Lipinski definition) is 5. The van der Waals surface area contributed by atoms with E-state index in [9.17, 15) is 0 Å². The Morgan fingerprint density at radius 2 is 2.19 bits per heavy atom. The normalized spacial score (nSPS) is 10.1. The molecule has 2 rings (SSSR count). The third-order valence-corrected chi connectivity index (χ3v) is 3.03. The summed E-state index contributed by atoms with van der Waals surface area (Å²) in [5.74, 6) is 1.03. The Morgan fingerprint density at radius 1 is 1.38 bits per heavy atom. The van der Waals surface area contributed by atoms with Crippen molar-refractivity contribution in [1.82, 2.24) is 20.2 Å². The van der Waals surface area contributed by atoms with Gasteiger partial charge in [-0.1, -0.05) is 12.2 Å². The summed E-state index contributed by atoms with van der Waals surface area (Å²) >= 11 is 8.34. The molecule has 82 valence electrons. The number of nitrogens with one attached hydrogen (secondary N) is 1. The zero-order chi connectivity index (χ0) is 11.5. The monoisotopic (exact) mass is 298 g/mol. The Balaban J connectivity index is 2.42. The highest BCUT2D eigenvalue weighted by atomic mass is 79.9. The minimum atomic E-state index is 0.458. The second-order valence-corrected chi connectivity index (χ2v) is 4.13. The zero-order valence-electron chi connectivity index (χ0n) is 8.27. The van der Waals surface area contributed by atoms with Gasteiger partial charge in [0.15, 0.2) is 5.82 Å². The first kappa shape index (κ1) is 11.2. The lowest BCUT2D eigenvalue weighted by Gasteiger charge is -2.01. The van der Waals surface area contributed by atoms with Crippen LogP contribution in [0.2, 0.25) is 0 Å². The van der Waals surface area contributed by atoms with Crippen LogP contribution >= 0.6 is 28.1 Å². The highest BCUT2D eigenvalue weighted by Gasteiger charge is 2.03. The summed E-state index contributed by atoms with van der Waals surface area (Å²) in [7, 11) is 1.54. The van der Waals surface area contributed by atoms with Gasteiger partial charge in [0.1, 0.15) is 10.3 Å². The first-order valence-electron chi connectivity index (χ1n) is 4.33. The number of hydrogen-bond donors (Lipinski definition) is 1. The van der Waals surface area contributed by atoms with Crippen molar-refractivity contribution in [3.05, 3.63) is 27.4 Å². The van der Waals surface area contributed by atoms with Crippen LogP contribution in [-0.2, 0) is 0 Å². The van der Waals surface area contributed by atoms with Gasteiger partial charge in [-0.15, -0.1) is 10.2 Å². The van der Waals surface area contributed by atoms with Gasteiger partial charge in [0.25, 0.3) is 0 Å². The molecule has 0 aromatic carbocycles. The summed E-state index contributed by atoms with van der Waals surface area (Å²) in [6, 6.07) is 3.47. The van der Waals surface area contributed by atoms with Crippen molar-refractivity contribution in [3.63, 3.8) is 0 Å². The smallest absolute Gasteiger partial charge is 0.233 e. The summed E-state index contributed by atoms with van der Waals surface area (Å²) in [4.78, 5) is 7.10. The van der Waals surface area contributed by atoms with Gasteiger partial charge in [-0.05, 0) is 22.0 Å². The fraction of sp³-hybridized carbons (Fsp3) is 0.111. The van der Waals surface area contributed by atoms with Crippen LogP contribution in [-0.4, -0.2) is 27.3 Å². The molecule has 2 aromatic heterocycles. The molecule has 7 heteroatoms. The Bertz CT molecular complexity index is 554. The molecule has 0 aliphatic rings. The van der Waals surface area contributed by atoms with Crippen LogP contribution in [0.4, 0.5) is 0 Å². The summed E-state index contributed by atoms with van der Waals surface area (Å²) in [6.07, 6.45) is 1.63. The van der Waals surface area contributed by atoms with Gasteiger partial charge in [0.2, 0.25) is 5.88 Å². The molecule has 0 unspecified atom stereocenters. The van der Waals surface area contributed by atoms with Crippen LogP contribution in [0.3, 0.4) is 0 Å². The van der Waals surface area contributed by atoms with Gasteiger partial charge in [-0.2, -0.15) is 0 Å². The van der Waals surface area contributed by atoms with Crippen LogP contribution in [0.1, 0.15) is 0 Å². The van der Waals surface area contributed by atoms with Crippen molar-refractivity contribution in [2.24, 2.45) is 0 Å². The molecule has 0 amide bonds. The minimum Gasteiger partial charge on any atom is -0.480 e.